The fourth-order valence-electron chi connectivity index (χ4n) is 2.77. The van der Waals surface area contributed by atoms with Crippen LogP contribution in [0, 0.1) is 13.8 Å². The van der Waals surface area contributed by atoms with Gasteiger partial charge in [-0.25, -0.2) is 9.50 Å². The molecule has 2 heterocycles. The van der Waals surface area contributed by atoms with E-state index in [2.05, 4.69) is 15.1 Å². The van der Waals surface area contributed by atoms with Crippen LogP contribution in [-0.4, -0.2) is 43.7 Å². The maximum absolute atomic E-state index is 12.7. The third kappa shape index (κ3) is 3.83. The van der Waals surface area contributed by atoms with E-state index < -0.39 is 0 Å². The van der Waals surface area contributed by atoms with Gasteiger partial charge in [-0.3, -0.25) is 4.79 Å². The van der Waals surface area contributed by atoms with Gasteiger partial charge in [0.15, 0.2) is 0 Å². The number of thioether (sulfide) groups is 1. The Morgan fingerprint density at radius 1 is 1.23 bits per heavy atom. The maximum Gasteiger partial charge on any atom is 0.253 e. The number of fused-ring (bicyclic) bond motifs is 1. The van der Waals surface area contributed by atoms with Gasteiger partial charge < -0.3 is 4.90 Å². The zero-order valence-corrected chi connectivity index (χ0v) is 16.7. The van der Waals surface area contributed by atoms with Crippen molar-refractivity contribution in [2.24, 2.45) is 0 Å². The number of likely N-dealkylation sites (N-methyl/N-ethyl adjacent to an activating group) is 1. The molecule has 0 aliphatic rings. The molecule has 0 bridgehead atoms. The van der Waals surface area contributed by atoms with Crippen molar-refractivity contribution in [1.82, 2.24) is 24.5 Å². The number of hydrogen-bond acceptors (Lipinski definition) is 5. The molecule has 0 spiro atoms. The van der Waals surface area contributed by atoms with Gasteiger partial charge >= 0.3 is 0 Å². The first-order valence-electron chi connectivity index (χ1n) is 8.14. The second-order valence-corrected chi connectivity index (χ2v) is 7.33. The van der Waals surface area contributed by atoms with Gasteiger partial charge in [-0.1, -0.05) is 35.5 Å². The predicted octanol–water partition coefficient (Wildman–Crippen LogP) is 3.32. The lowest BCUT2D eigenvalue weighted by atomic mass is 10.1. The van der Waals surface area contributed by atoms with Crippen molar-refractivity contribution in [3.8, 4) is 0 Å². The minimum atomic E-state index is 0.0255. The molecule has 0 radical (unpaired) electrons. The first-order chi connectivity index (χ1) is 12.4. The summed E-state index contributed by atoms with van der Waals surface area (Å²) in [4.78, 5) is 23.3. The Morgan fingerprint density at radius 3 is 2.58 bits per heavy atom. The highest BCUT2D eigenvalue weighted by molar-refractivity contribution is 7.98. The molecule has 0 N–H and O–H groups in total. The third-order valence-corrected chi connectivity index (χ3v) is 5.09. The molecule has 2 aromatic heterocycles. The van der Waals surface area contributed by atoms with Gasteiger partial charge in [0.2, 0.25) is 11.1 Å². The lowest BCUT2D eigenvalue weighted by Crippen LogP contribution is -2.28. The molecular formula is C18H20ClN5OS. The highest BCUT2D eigenvalue weighted by Crippen LogP contribution is 2.18. The number of carbonyl (C=O) groups excluding carboxylic acids is 1. The Bertz CT molecular complexity index is 954. The molecule has 0 fully saturated rings. The molecule has 0 saturated heterocycles. The van der Waals surface area contributed by atoms with Crippen molar-refractivity contribution in [2.45, 2.75) is 32.0 Å². The Balaban J connectivity index is 1.80. The quantitative estimate of drug-likeness (QED) is 0.626. The molecule has 0 unspecified atom stereocenters. The summed E-state index contributed by atoms with van der Waals surface area (Å²) in [7, 11) is 1.80. The van der Waals surface area contributed by atoms with Gasteiger partial charge in [0.25, 0.3) is 5.78 Å². The van der Waals surface area contributed by atoms with Crippen molar-refractivity contribution >= 4 is 35.0 Å². The minimum absolute atomic E-state index is 0.0255. The van der Waals surface area contributed by atoms with E-state index >= 15 is 0 Å². The summed E-state index contributed by atoms with van der Waals surface area (Å²) >= 11 is 7.38. The summed E-state index contributed by atoms with van der Waals surface area (Å²) in [6.07, 6.45) is 2.20. The molecule has 0 saturated carbocycles. The maximum atomic E-state index is 12.7. The summed E-state index contributed by atoms with van der Waals surface area (Å²) < 4.78 is 1.71. The summed E-state index contributed by atoms with van der Waals surface area (Å²) in [5.74, 6) is 0.590. The van der Waals surface area contributed by atoms with E-state index in [9.17, 15) is 4.79 Å². The smallest absolute Gasteiger partial charge is 0.253 e. The number of nitrogens with zero attached hydrogens (tertiary/aromatic N) is 5. The lowest BCUT2D eigenvalue weighted by Gasteiger charge is -2.19. The van der Waals surface area contributed by atoms with Crippen molar-refractivity contribution < 1.29 is 4.79 Å². The highest BCUT2D eigenvalue weighted by Gasteiger charge is 2.18. The monoisotopic (exact) mass is 389 g/mol. The second-order valence-electron chi connectivity index (χ2n) is 6.12. The van der Waals surface area contributed by atoms with Gasteiger partial charge in [0, 0.05) is 35.6 Å². The summed E-state index contributed by atoms with van der Waals surface area (Å²) in [6, 6.07) is 7.51. The van der Waals surface area contributed by atoms with Crippen LogP contribution in [-0.2, 0) is 17.8 Å². The van der Waals surface area contributed by atoms with E-state index in [1.54, 1.807) is 16.5 Å². The van der Waals surface area contributed by atoms with E-state index in [0.29, 0.717) is 22.5 Å². The van der Waals surface area contributed by atoms with E-state index in [4.69, 9.17) is 11.6 Å². The highest BCUT2D eigenvalue weighted by atomic mass is 35.5. The number of benzene rings is 1. The summed E-state index contributed by atoms with van der Waals surface area (Å²) in [5, 5.41) is 5.78. The van der Waals surface area contributed by atoms with E-state index in [0.717, 1.165) is 22.5 Å². The molecule has 1 aromatic carbocycles. The van der Waals surface area contributed by atoms with Crippen LogP contribution in [0.15, 0.2) is 29.4 Å². The number of hydrogen-bond donors (Lipinski definition) is 0. The number of rotatable bonds is 5. The molecule has 3 aromatic rings. The van der Waals surface area contributed by atoms with E-state index in [-0.39, 0.29) is 12.3 Å². The Labute approximate surface area is 161 Å². The van der Waals surface area contributed by atoms with Crippen LogP contribution in [0.2, 0.25) is 5.02 Å². The molecule has 26 heavy (non-hydrogen) atoms. The standard InChI is InChI=1S/C18H20ClN5OS/c1-11-15(12(2)24-17(20-11)21-18(22-24)26-4)9-16(25)23(3)10-13-5-7-14(19)8-6-13/h5-8H,9-10H2,1-4H3. The first kappa shape index (κ1) is 18.7. The fourth-order valence-corrected chi connectivity index (χ4v) is 3.23. The molecular weight excluding hydrogens is 370 g/mol. The molecule has 6 nitrogen and oxygen atoms in total. The van der Waals surface area contributed by atoms with Gasteiger partial charge in [-0.2, -0.15) is 4.98 Å². The SMILES string of the molecule is CSc1nc2nc(C)c(CC(=O)N(C)Cc3ccc(Cl)cc3)c(C)n2n1. The van der Waals surface area contributed by atoms with Crippen LogP contribution in [0.1, 0.15) is 22.5 Å². The van der Waals surface area contributed by atoms with Crippen LogP contribution >= 0.6 is 23.4 Å². The molecule has 1 amide bonds. The average molecular weight is 390 g/mol. The van der Waals surface area contributed by atoms with Gasteiger partial charge in [-0.15, -0.1) is 5.10 Å². The number of carbonyl (C=O) groups is 1. The zero-order chi connectivity index (χ0) is 18.8. The number of aromatic nitrogens is 4. The van der Waals surface area contributed by atoms with Gasteiger partial charge in [-0.05, 0) is 37.8 Å². The zero-order valence-electron chi connectivity index (χ0n) is 15.2. The number of halogens is 1. The lowest BCUT2D eigenvalue weighted by molar-refractivity contribution is -0.129. The van der Waals surface area contributed by atoms with Crippen molar-refractivity contribution in [3.05, 3.63) is 51.8 Å². The number of amides is 1. The average Bonchev–Trinajstić information content (AvgIpc) is 3.03. The van der Waals surface area contributed by atoms with Crippen LogP contribution in [0.25, 0.3) is 5.78 Å². The Hall–Kier alpha value is -2.12. The second kappa shape index (κ2) is 7.63. The molecule has 3 rings (SSSR count). The predicted molar refractivity (Wildman–Crippen MR) is 104 cm³/mol. The topological polar surface area (TPSA) is 63.4 Å². The van der Waals surface area contributed by atoms with Gasteiger partial charge in [0.05, 0.1) is 6.42 Å². The Morgan fingerprint density at radius 2 is 1.92 bits per heavy atom. The Kier molecular flexibility index (Phi) is 5.48. The first-order valence-corrected chi connectivity index (χ1v) is 9.74. The van der Waals surface area contributed by atoms with Crippen molar-refractivity contribution in [3.63, 3.8) is 0 Å². The van der Waals surface area contributed by atoms with Crippen LogP contribution in [0.3, 0.4) is 0 Å². The van der Waals surface area contributed by atoms with E-state index in [1.807, 2.05) is 44.4 Å². The minimum Gasteiger partial charge on any atom is -0.341 e. The van der Waals surface area contributed by atoms with Crippen LogP contribution in [0.5, 0.6) is 0 Å². The summed E-state index contributed by atoms with van der Waals surface area (Å²) in [6.45, 7) is 4.38. The molecule has 136 valence electrons. The van der Waals surface area contributed by atoms with E-state index in [1.165, 1.54) is 11.8 Å². The van der Waals surface area contributed by atoms with Crippen LogP contribution < -0.4 is 0 Å². The largest absolute Gasteiger partial charge is 0.341 e. The normalized spacial score (nSPS) is 11.1. The molecule has 8 heteroatoms. The molecule has 0 atom stereocenters. The third-order valence-electron chi connectivity index (χ3n) is 4.30. The van der Waals surface area contributed by atoms with Crippen molar-refractivity contribution in [2.75, 3.05) is 13.3 Å². The molecule has 0 aliphatic carbocycles. The van der Waals surface area contributed by atoms with Crippen LogP contribution in [0.4, 0.5) is 0 Å². The van der Waals surface area contributed by atoms with Crippen molar-refractivity contribution in [1.29, 1.82) is 0 Å². The van der Waals surface area contributed by atoms with Gasteiger partial charge in [0.1, 0.15) is 0 Å². The fraction of sp³-hybridized carbons (Fsp3) is 0.333. The number of aryl methyl sites for hydroxylation is 2. The summed E-state index contributed by atoms with van der Waals surface area (Å²) in [5.41, 5.74) is 3.63. The molecule has 0 aliphatic heterocycles.